The molecule has 0 aliphatic carbocycles. The summed E-state index contributed by atoms with van der Waals surface area (Å²) in [7, 11) is 1.32. The summed E-state index contributed by atoms with van der Waals surface area (Å²) in [5.74, 6) is -0.310. The van der Waals surface area contributed by atoms with Crippen molar-refractivity contribution in [2.75, 3.05) is 11.5 Å². The number of hydrogen-bond acceptors (Lipinski definition) is 4. The summed E-state index contributed by atoms with van der Waals surface area (Å²) in [6.07, 6.45) is -4.62. The van der Waals surface area contributed by atoms with Gasteiger partial charge in [0, 0.05) is 21.3 Å². The molecule has 0 heterocycles. The minimum atomic E-state index is -4.62. The lowest BCUT2D eigenvalue weighted by molar-refractivity contribution is -0.137. The van der Waals surface area contributed by atoms with Gasteiger partial charge in [0.1, 0.15) is 0 Å². The SMILES string of the molecule is N#Cc1ccc(SCCS(=O)(=O)Cl)cc1C(F)(F)F. The van der Waals surface area contributed by atoms with Crippen LogP contribution in [0.25, 0.3) is 0 Å². The Hall–Kier alpha value is -0.910. The first-order valence-electron chi connectivity index (χ1n) is 4.80. The number of benzene rings is 1. The molecule has 19 heavy (non-hydrogen) atoms. The summed E-state index contributed by atoms with van der Waals surface area (Å²) < 4.78 is 59.3. The van der Waals surface area contributed by atoms with E-state index in [4.69, 9.17) is 15.9 Å². The normalized spacial score (nSPS) is 12.2. The van der Waals surface area contributed by atoms with Crippen molar-refractivity contribution in [3.05, 3.63) is 29.3 Å². The van der Waals surface area contributed by atoms with Crippen LogP contribution in [0.2, 0.25) is 0 Å². The van der Waals surface area contributed by atoms with Crippen molar-refractivity contribution >= 4 is 31.5 Å². The van der Waals surface area contributed by atoms with Crippen molar-refractivity contribution in [2.45, 2.75) is 11.1 Å². The summed E-state index contributed by atoms with van der Waals surface area (Å²) in [4.78, 5) is 0.228. The highest BCUT2D eigenvalue weighted by atomic mass is 35.7. The quantitative estimate of drug-likeness (QED) is 0.628. The molecular weight excluding hydrogens is 323 g/mol. The molecule has 0 atom stereocenters. The van der Waals surface area contributed by atoms with Gasteiger partial charge in [0.05, 0.1) is 22.9 Å². The Balaban J connectivity index is 2.91. The number of nitriles is 1. The number of alkyl halides is 3. The van der Waals surface area contributed by atoms with Gasteiger partial charge in [-0.15, -0.1) is 11.8 Å². The molecule has 0 aliphatic rings. The summed E-state index contributed by atoms with van der Waals surface area (Å²) in [5.41, 5.74) is -1.50. The second-order valence-electron chi connectivity index (χ2n) is 3.41. The first-order valence-corrected chi connectivity index (χ1v) is 8.26. The van der Waals surface area contributed by atoms with Gasteiger partial charge in [-0.05, 0) is 18.2 Å². The third-order valence-electron chi connectivity index (χ3n) is 2.01. The van der Waals surface area contributed by atoms with E-state index < -0.39 is 26.4 Å². The number of thioether (sulfide) groups is 1. The molecule has 0 N–H and O–H groups in total. The van der Waals surface area contributed by atoms with Gasteiger partial charge >= 0.3 is 6.18 Å². The number of hydrogen-bond donors (Lipinski definition) is 0. The Kier molecular flexibility index (Phi) is 5.12. The van der Waals surface area contributed by atoms with Crippen molar-refractivity contribution in [3.8, 4) is 6.07 Å². The van der Waals surface area contributed by atoms with Crippen molar-refractivity contribution in [3.63, 3.8) is 0 Å². The Morgan fingerprint density at radius 3 is 2.47 bits per heavy atom. The fraction of sp³-hybridized carbons (Fsp3) is 0.300. The number of rotatable bonds is 4. The lowest BCUT2D eigenvalue weighted by Crippen LogP contribution is -2.08. The molecule has 3 nitrogen and oxygen atoms in total. The minimum absolute atomic E-state index is 0.0367. The highest BCUT2D eigenvalue weighted by Gasteiger charge is 2.33. The second kappa shape index (κ2) is 6.03. The van der Waals surface area contributed by atoms with Crippen molar-refractivity contribution < 1.29 is 21.6 Å². The van der Waals surface area contributed by atoms with Crippen LogP contribution < -0.4 is 0 Å². The fourth-order valence-corrected chi connectivity index (χ4v) is 3.50. The van der Waals surface area contributed by atoms with E-state index in [1.54, 1.807) is 0 Å². The molecule has 1 aromatic rings. The van der Waals surface area contributed by atoms with E-state index in [0.29, 0.717) is 0 Å². The molecule has 0 unspecified atom stereocenters. The summed E-state index contributed by atoms with van der Waals surface area (Å²) in [6, 6.07) is 4.68. The molecule has 1 rings (SSSR count). The van der Waals surface area contributed by atoms with E-state index in [1.165, 1.54) is 12.1 Å². The van der Waals surface area contributed by atoms with Crippen LogP contribution in [0.4, 0.5) is 13.2 Å². The van der Waals surface area contributed by atoms with Gasteiger partial charge in [0.25, 0.3) is 0 Å². The van der Waals surface area contributed by atoms with Gasteiger partial charge in [-0.2, -0.15) is 18.4 Å². The largest absolute Gasteiger partial charge is 0.417 e. The Morgan fingerprint density at radius 2 is 2.00 bits per heavy atom. The van der Waals surface area contributed by atoms with Gasteiger partial charge < -0.3 is 0 Å². The monoisotopic (exact) mass is 329 g/mol. The predicted molar refractivity (Wildman–Crippen MR) is 66.5 cm³/mol. The zero-order valence-electron chi connectivity index (χ0n) is 9.24. The van der Waals surface area contributed by atoms with Crippen LogP contribution in [-0.2, 0) is 15.2 Å². The molecule has 0 fully saturated rings. The first kappa shape index (κ1) is 16.1. The van der Waals surface area contributed by atoms with Crippen molar-refractivity contribution in [1.29, 1.82) is 5.26 Å². The van der Waals surface area contributed by atoms with Crippen LogP contribution in [0.15, 0.2) is 23.1 Å². The zero-order chi connectivity index (χ0) is 14.7. The molecule has 0 amide bonds. The molecule has 104 valence electrons. The molecule has 0 saturated carbocycles. The molecule has 0 aromatic heterocycles. The summed E-state index contributed by atoms with van der Waals surface area (Å²) in [6.45, 7) is 0. The molecule has 0 aliphatic heterocycles. The number of halogens is 4. The Bertz CT molecular complexity index is 608. The lowest BCUT2D eigenvalue weighted by atomic mass is 10.1. The molecule has 0 radical (unpaired) electrons. The highest BCUT2D eigenvalue weighted by Crippen LogP contribution is 2.34. The van der Waals surface area contributed by atoms with E-state index in [9.17, 15) is 21.6 Å². The maximum atomic E-state index is 12.6. The zero-order valence-corrected chi connectivity index (χ0v) is 11.6. The topological polar surface area (TPSA) is 57.9 Å². The van der Waals surface area contributed by atoms with Crippen molar-refractivity contribution in [1.82, 2.24) is 0 Å². The van der Waals surface area contributed by atoms with Gasteiger partial charge in [-0.25, -0.2) is 8.42 Å². The third-order valence-corrected chi connectivity index (χ3v) is 4.42. The Morgan fingerprint density at radius 1 is 1.37 bits per heavy atom. The van der Waals surface area contributed by atoms with Crippen LogP contribution in [0.1, 0.15) is 11.1 Å². The van der Waals surface area contributed by atoms with Crippen LogP contribution in [0, 0.1) is 11.3 Å². The van der Waals surface area contributed by atoms with Crippen LogP contribution in [-0.4, -0.2) is 19.9 Å². The molecule has 0 saturated heterocycles. The van der Waals surface area contributed by atoms with Crippen LogP contribution in [0.3, 0.4) is 0 Å². The third kappa shape index (κ3) is 5.30. The summed E-state index contributed by atoms with van der Waals surface area (Å²) >= 11 is 0.924. The molecule has 9 heteroatoms. The van der Waals surface area contributed by atoms with E-state index >= 15 is 0 Å². The van der Waals surface area contributed by atoms with Crippen molar-refractivity contribution in [2.24, 2.45) is 0 Å². The van der Waals surface area contributed by atoms with Gasteiger partial charge in [-0.3, -0.25) is 0 Å². The standard InChI is InChI=1S/C10H7ClF3NO2S2/c11-19(16,17)4-3-18-8-2-1-7(6-15)9(5-8)10(12,13)14/h1-2,5H,3-4H2. The maximum Gasteiger partial charge on any atom is 0.417 e. The van der Waals surface area contributed by atoms with Gasteiger partial charge in [-0.1, -0.05) is 0 Å². The van der Waals surface area contributed by atoms with Crippen LogP contribution in [0.5, 0.6) is 0 Å². The lowest BCUT2D eigenvalue weighted by Gasteiger charge is -2.10. The minimum Gasteiger partial charge on any atom is -0.212 e. The predicted octanol–water partition coefficient (Wildman–Crippen LogP) is 3.24. The highest BCUT2D eigenvalue weighted by molar-refractivity contribution is 8.14. The average molecular weight is 330 g/mol. The molecule has 0 spiro atoms. The Labute approximate surface area is 116 Å². The summed E-state index contributed by atoms with van der Waals surface area (Å²) in [5, 5.41) is 8.60. The molecule has 0 bridgehead atoms. The maximum absolute atomic E-state index is 12.6. The van der Waals surface area contributed by atoms with Gasteiger partial charge in [0.2, 0.25) is 9.05 Å². The molecular formula is C10H7ClF3NO2S2. The number of nitrogens with zero attached hydrogens (tertiary/aromatic N) is 1. The average Bonchev–Trinajstić information content (AvgIpc) is 2.26. The van der Waals surface area contributed by atoms with Crippen LogP contribution >= 0.6 is 22.4 Å². The fourth-order valence-electron chi connectivity index (χ4n) is 1.20. The van der Waals surface area contributed by atoms with Gasteiger partial charge in [0.15, 0.2) is 0 Å². The van der Waals surface area contributed by atoms with E-state index in [1.807, 2.05) is 0 Å². The smallest absolute Gasteiger partial charge is 0.212 e. The van der Waals surface area contributed by atoms with E-state index in [2.05, 4.69) is 0 Å². The molecule has 1 aromatic carbocycles. The van der Waals surface area contributed by atoms with E-state index in [0.717, 1.165) is 23.9 Å². The second-order valence-corrected chi connectivity index (χ2v) is 7.47. The van der Waals surface area contributed by atoms with E-state index in [-0.39, 0.29) is 16.4 Å². The first-order chi connectivity index (χ1) is 8.63.